The van der Waals surface area contributed by atoms with Gasteiger partial charge in [-0.25, -0.2) is 4.39 Å². The highest BCUT2D eigenvalue weighted by molar-refractivity contribution is 8.13. The lowest BCUT2D eigenvalue weighted by Gasteiger charge is -2.59. The molecule has 0 spiro atoms. The molecule has 5 aliphatic rings. The minimum absolute atomic E-state index is 0.000902. The van der Waals surface area contributed by atoms with Gasteiger partial charge in [-0.1, -0.05) is 99.6 Å². The van der Waals surface area contributed by atoms with Gasteiger partial charge in [0.25, 0.3) is 0 Å². The minimum atomic E-state index is -1.37. The second-order valence-electron chi connectivity index (χ2n) is 15.1. The van der Waals surface area contributed by atoms with Gasteiger partial charge in [-0.2, -0.15) is 0 Å². The van der Waals surface area contributed by atoms with E-state index in [0.717, 1.165) is 36.8 Å². The molecule has 2 aromatic carbocycles. The number of hydrogen-bond acceptors (Lipinski definition) is 6. The van der Waals surface area contributed by atoms with Crippen molar-refractivity contribution >= 4 is 22.7 Å². The van der Waals surface area contributed by atoms with Crippen LogP contribution in [0.3, 0.4) is 0 Å². The number of thioether (sulfide) groups is 1. The third kappa shape index (κ3) is 4.99. The van der Waals surface area contributed by atoms with E-state index in [1.165, 1.54) is 16.7 Å². The SMILES string of the molecule is CC(C)Cc1cccc(Cc2ccc([C@@H]3O[C@@H]4C[C@H]5[C@@H]6CCC7=CC(=O)C=C[C@]7(C)[C@H]6[C@@H](O)C[C@]5(C)[C@]4(C(=O)SCF)O3)cc2)c1. The Morgan fingerprint density at radius 2 is 1.87 bits per heavy atom. The summed E-state index contributed by atoms with van der Waals surface area (Å²) < 4.78 is 27.2. The minimum Gasteiger partial charge on any atom is -0.393 e. The molecule has 0 amide bonds. The molecule has 0 radical (unpaired) electrons. The summed E-state index contributed by atoms with van der Waals surface area (Å²) in [5.41, 5.74) is 3.19. The standard InChI is InChI=1S/C39H45FO5S/c1-23(2)16-25-6-5-7-26(18-25)17-24-8-10-27(11-9-24)35-44-33-20-31-30-13-12-28-19-29(41)14-15-37(28,3)34(30)32(42)21-38(31,4)39(33,45-35)36(43)46-22-40/h5-11,14-15,18-19,23,30-35,42H,12-13,16-17,20-22H2,1-4H3/t30-,31-,32-,33+,34+,35+,37-,38-,39-/m0/s1. The molecule has 0 aromatic heterocycles. The fourth-order valence-corrected chi connectivity index (χ4v) is 10.8. The Morgan fingerprint density at radius 3 is 2.61 bits per heavy atom. The summed E-state index contributed by atoms with van der Waals surface area (Å²) in [4.78, 5) is 26.2. The van der Waals surface area contributed by atoms with E-state index in [9.17, 15) is 19.1 Å². The lowest BCUT2D eigenvalue weighted by Crippen LogP contribution is -2.62. The van der Waals surface area contributed by atoms with Crippen LogP contribution in [0.25, 0.3) is 0 Å². The van der Waals surface area contributed by atoms with Crippen LogP contribution in [-0.4, -0.2) is 39.8 Å². The summed E-state index contributed by atoms with van der Waals surface area (Å²) >= 11 is 0.654. The second-order valence-corrected chi connectivity index (χ2v) is 16.0. The second kappa shape index (κ2) is 11.8. The fourth-order valence-electron chi connectivity index (χ4n) is 10.1. The van der Waals surface area contributed by atoms with Gasteiger partial charge < -0.3 is 14.6 Å². The van der Waals surface area contributed by atoms with Crippen molar-refractivity contribution in [2.45, 2.75) is 90.3 Å². The van der Waals surface area contributed by atoms with E-state index in [1.54, 1.807) is 12.2 Å². The predicted molar refractivity (Wildman–Crippen MR) is 178 cm³/mol. The molecule has 0 unspecified atom stereocenters. The van der Waals surface area contributed by atoms with Crippen LogP contribution in [0.2, 0.25) is 0 Å². The van der Waals surface area contributed by atoms with E-state index < -0.39 is 40.9 Å². The van der Waals surface area contributed by atoms with E-state index in [4.69, 9.17) is 9.47 Å². The number of allylic oxidation sites excluding steroid dienone is 4. The van der Waals surface area contributed by atoms with Gasteiger partial charge in [-0.3, -0.25) is 9.59 Å². The van der Waals surface area contributed by atoms with Crippen molar-refractivity contribution in [2.24, 2.45) is 34.5 Å². The van der Waals surface area contributed by atoms with Crippen LogP contribution in [0.1, 0.15) is 81.9 Å². The molecule has 1 heterocycles. The van der Waals surface area contributed by atoms with Crippen LogP contribution >= 0.6 is 11.8 Å². The number of alkyl halides is 1. The Bertz CT molecular complexity index is 1580. The molecule has 4 aliphatic carbocycles. The van der Waals surface area contributed by atoms with Gasteiger partial charge in [-0.05, 0) is 85.1 Å². The number of rotatable bonds is 7. The molecular formula is C39H45FO5S. The van der Waals surface area contributed by atoms with Gasteiger partial charge >= 0.3 is 0 Å². The molecule has 7 rings (SSSR count). The van der Waals surface area contributed by atoms with Crippen molar-refractivity contribution < 1.29 is 28.6 Å². The molecule has 2 aromatic rings. The monoisotopic (exact) mass is 644 g/mol. The number of ketones is 1. The fraction of sp³-hybridized carbons (Fsp3) is 0.538. The van der Waals surface area contributed by atoms with Crippen molar-refractivity contribution in [1.82, 2.24) is 0 Å². The average Bonchev–Trinajstić information content (AvgIpc) is 3.51. The van der Waals surface area contributed by atoms with Gasteiger partial charge in [-0.15, -0.1) is 0 Å². The van der Waals surface area contributed by atoms with Gasteiger partial charge in [0, 0.05) is 22.3 Å². The highest BCUT2D eigenvalue weighted by Gasteiger charge is 2.76. The quantitative estimate of drug-likeness (QED) is 0.333. The number of benzene rings is 2. The Labute approximate surface area is 276 Å². The first-order valence-electron chi connectivity index (χ1n) is 16.8. The summed E-state index contributed by atoms with van der Waals surface area (Å²) in [5, 5.41) is 11.5. The van der Waals surface area contributed by atoms with E-state index in [2.05, 4.69) is 64.1 Å². The largest absolute Gasteiger partial charge is 0.393 e. The zero-order valence-corrected chi connectivity index (χ0v) is 28.0. The van der Waals surface area contributed by atoms with Crippen molar-refractivity contribution in [3.8, 4) is 0 Å². The molecule has 244 valence electrons. The molecule has 0 bridgehead atoms. The summed E-state index contributed by atoms with van der Waals surface area (Å²) in [6, 6.07) is 16.1. The number of fused-ring (bicyclic) bond motifs is 7. The summed E-state index contributed by atoms with van der Waals surface area (Å²) in [6.07, 6.45) is 7.79. The van der Waals surface area contributed by atoms with Gasteiger partial charge in [0.05, 0.1) is 12.2 Å². The maximum Gasteiger partial charge on any atom is 0.226 e. The molecule has 9 atom stereocenters. The number of carbonyl (C=O) groups is 2. The molecule has 46 heavy (non-hydrogen) atoms. The van der Waals surface area contributed by atoms with E-state index in [-0.39, 0.29) is 28.7 Å². The van der Waals surface area contributed by atoms with Crippen LogP contribution in [0.5, 0.6) is 0 Å². The van der Waals surface area contributed by atoms with Crippen LogP contribution in [-0.2, 0) is 31.9 Å². The first-order valence-corrected chi connectivity index (χ1v) is 17.8. The smallest absolute Gasteiger partial charge is 0.226 e. The first-order chi connectivity index (χ1) is 22.0. The topological polar surface area (TPSA) is 72.8 Å². The number of carbonyl (C=O) groups excluding carboxylic acids is 2. The molecule has 1 aliphatic heterocycles. The number of hydrogen-bond donors (Lipinski definition) is 1. The third-order valence-corrected chi connectivity index (χ3v) is 12.7. The average molecular weight is 645 g/mol. The van der Waals surface area contributed by atoms with Gasteiger partial charge in [0.2, 0.25) is 5.12 Å². The van der Waals surface area contributed by atoms with Gasteiger partial charge in [0.1, 0.15) is 6.01 Å². The Morgan fingerprint density at radius 1 is 1.11 bits per heavy atom. The van der Waals surface area contributed by atoms with Crippen molar-refractivity contribution in [3.05, 3.63) is 94.6 Å². The Kier molecular flexibility index (Phi) is 8.23. The van der Waals surface area contributed by atoms with E-state index in [1.807, 2.05) is 18.2 Å². The number of aliphatic hydroxyl groups is 1. The maximum absolute atomic E-state index is 14.0. The Balaban J connectivity index is 1.15. The zero-order valence-electron chi connectivity index (χ0n) is 27.2. The lowest BCUT2D eigenvalue weighted by atomic mass is 9.46. The zero-order chi connectivity index (χ0) is 32.4. The maximum atomic E-state index is 14.0. The third-order valence-electron chi connectivity index (χ3n) is 12.0. The summed E-state index contributed by atoms with van der Waals surface area (Å²) in [6.45, 7) is 8.66. The van der Waals surface area contributed by atoms with E-state index in [0.29, 0.717) is 30.5 Å². The number of ether oxygens (including phenoxy) is 2. The lowest BCUT2D eigenvalue weighted by molar-refractivity contribution is -0.194. The van der Waals surface area contributed by atoms with Crippen LogP contribution in [0.15, 0.2) is 72.3 Å². The Hall–Kier alpha value is -2.58. The molecule has 1 N–H and O–H groups in total. The summed E-state index contributed by atoms with van der Waals surface area (Å²) in [5.74, 6) is 0.689. The van der Waals surface area contributed by atoms with Crippen LogP contribution in [0.4, 0.5) is 4.39 Å². The van der Waals surface area contributed by atoms with Crippen LogP contribution < -0.4 is 0 Å². The molecule has 4 fully saturated rings. The molecule has 1 saturated heterocycles. The number of halogens is 1. The van der Waals surface area contributed by atoms with Crippen molar-refractivity contribution in [2.75, 3.05) is 6.01 Å². The molecular weight excluding hydrogens is 599 g/mol. The molecule has 5 nitrogen and oxygen atoms in total. The predicted octanol–water partition coefficient (Wildman–Crippen LogP) is 7.70. The van der Waals surface area contributed by atoms with Crippen molar-refractivity contribution in [1.29, 1.82) is 0 Å². The normalized spacial score (nSPS) is 37.8. The van der Waals surface area contributed by atoms with Crippen LogP contribution in [0, 0.1) is 34.5 Å². The highest BCUT2D eigenvalue weighted by atomic mass is 32.2. The van der Waals surface area contributed by atoms with E-state index >= 15 is 0 Å². The van der Waals surface area contributed by atoms with Crippen molar-refractivity contribution in [3.63, 3.8) is 0 Å². The molecule has 7 heteroatoms. The number of aliphatic hydroxyl groups excluding tert-OH is 1. The molecule has 3 saturated carbocycles. The summed E-state index contributed by atoms with van der Waals surface area (Å²) in [7, 11) is 0. The highest BCUT2D eigenvalue weighted by Crippen LogP contribution is 2.71. The van der Waals surface area contributed by atoms with Gasteiger partial charge in [0.15, 0.2) is 17.7 Å². The first kappa shape index (κ1) is 32.0.